The van der Waals surface area contributed by atoms with Crippen molar-refractivity contribution in [3.05, 3.63) is 41.5 Å². The summed E-state index contributed by atoms with van der Waals surface area (Å²) in [5.41, 5.74) is 2.40. The predicted octanol–water partition coefficient (Wildman–Crippen LogP) is 1.36. The molecular weight excluding hydrogens is 216 g/mol. The Morgan fingerprint density at radius 2 is 2.06 bits per heavy atom. The van der Waals surface area contributed by atoms with Gasteiger partial charge in [0.05, 0.1) is 18.0 Å². The van der Waals surface area contributed by atoms with Gasteiger partial charge in [0.2, 0.25) is 0 Å². The number of ketones is 1. The molecule has 0 spiro atoms. The summed E-state index contributed by atoms with van der Waals surface area (Å²) in [5, 5.41) is 8.07. The minimum absolute atomic E-state index is 0.0422. The highest BCUT2D eigenvalue weighted by Crippen LogP contribution is 2.08. The van der Waals surface area contributed by atoms with Crippen LogP contribution in [0.15, 0.2) is 24.7 Å². The molecule has 0 N–H and O–H groups in total. The number of aryl methyl sites for hydroxylation is 2. The number of aromatic nitrogens is 4. The molecule has 0 radical (unpaired) electrons. The third-order valence-corrected chi connectivity index (χ3v) is 2.65. The van der Waals surface area contributed by atoms with E-state index in [-0.39, 0.29) is 5.78 Å². The van der Waals surface area contributed by atoms with Gasteiger partial charge in [-0.2, -0.15) is 10.2 Å². The zero-order valence-electron chi connectivity index (χ0n) is 10.1. The Hall–Kier alpha value is -2.17. The molecule has 2 aromatic heterocycles. The molecule has 17 heavy (non-hydrogen) atoms. The Balaban J connectivity index is 2.17. The maximum Gasteiger partial charge on any atom is 0.189 e. The first kappa shape index (κ1) is 11.3. The van der Waals surface area contributed by atoms with E-state index in [9.17, 15) is 4.79 Å². The van der Waals surface area contributed by atoms with Crippen LogP contribution >= 0.6 is 0 Å². The summed E-state index contributed by atoms with van der Waals surface area (Å²) in [4.78, 5) is 11.9. The first-order chi connectivity index (χ1) is 8.08. The first-order valence-electron chi connectivity index (χ1n) is 5.27. The van der Waals surface area contributed by atoms with E-state index in [2.05, 4.69) is 10.2 Å². The van der Waals surface area contributed by atoms with Gasteiger partial charge < -0.3 is 0 Å². The van der Waals surface area contributed by atoms with Gasteiger partial charge in [-0.05, 0) is 19.1 Å². The molecular formula is C12H14N4O. The molecule has 0 aliphatic carbocycles. The maximum absolute atomic E-state index is 11.9. The number of rotatable bonds is 3. The van der Waals surface area contributed by atoms with E-state index < -0.39 is 0 Å². The topological polar surface area (TPSA) is 52.7 Å². The van der Waals surface area contributed by atoms with Crippen LogP contribution in [0.1, 0.15) is 21.6 Å². The summed E-state index contributed by atoms with van der Waals surface area (Å²) < 4.78 is 3.38. The molecule has 0 bridgehead atoms. The lowest BCUT2D eigenvalue weighted by Crippen LogP contribution is -1.98. The van der Waals surface area contributed by atoms with E-state index in [0.29, 0.717) is 5.56 Å². The highest BCUT2D eigenvalue weighted by Gasteiger charge is 2.09. The van der Waals surface area contributed by atoms with Gasteiger partial charge in [0, 0.05) is 31.5 Å². The van der Waals surface area contributed by atoms with Gasteiger partial charge in [-0.3, -0.25) is 14.2 Å². The van der Waals surface area contributed by atoms with Crippen LogP contribution in [-0.2, 0) is 14.1 Å². The van der Waals surface area contributed by atoms with Crippen LogP contribution in [0, 0.1) is 6.92 Å². The Morgan fingerprint density at radius 3 is 2.59 bits per heavy atom. The number of nitrogens with zero attached hydrogens (tertiary/aromatic N) is 4. The fraction of sp³-hybridized carbons (Fsp3) is 0.250. The Kier molecular flexibility index (Phi) is 2.91. The average molecular weight is 230 g/mol. The molecule has 2 aromatic rings. The lowest BCUT2D eigenvalue weighted by Gasteiger charge is -1.95. The molecule has 0 atom stereocenters. The van der Waals surface area contributed by atoms with E-state index in [1.165, 1.54) is 0 Å². The molecule has 0 amide bonds. The van der Waals surface area contributed by atoms with E-state index >= 15 is 0 Å². The van der Waals surface area contributed by atoms with Crippen LogP contribution in [0.5, 0.6) is 0 Å². The normalized spacial score (nSPS) is 11.2. The Bertz CT molecular complexity index is 577. The predicted molar refractivity (Wildman–Crippen MR) is 64.5 cm³/mol. The van der Waals surface area contributed by atoms with Gasteiger partial charge in [0.1, 0.15) is 0 Å². The Labute approximate surface area is 99.4 Å². The van der Waals surface area contributed by atoms with Crippen molar-refractivity contribution in [2.24, 2.45) is 14.1 Å². The van der Waals surface area contributed by atoms with Gasteiger partial charge in [-0.1, -0.05) is 0 Å². The minimum atomic E-state index is -0.0422. The van der Waals surface area contributed by atoms with Crippen LogP contribution < -0.4 is 0 Å². The van der Waals surface area contributed by atoms with Crippen LogP contribution in [0.25, 0.3) is 6.08 Å². The molecule has 2 heterocycles. The molecule has 0 aliphatic rings. The third kappa shape index (κ3) is 2.33. The maximum atomic E-state index is 11.9. The quantitative estimate of drug-likeness (QED) is 0.591. The van der Waals surface area contributed by atoms with Gasteiger partial charge in [-0.25, -0.2) is 0 Å². The SMILES string of the molecule is Cc1c(C(=O)/C=C/c2cnn(C)c2)cnn1C. The number of allylic oxidation sites excluding steroid dienone is 1. The van der Waals surface area contributed by atoms with Crippen LogP contribution in [-0.4, -0.2) is 25.3 Å². The van der Waals surface area contributed by atoms with Crippen LogP contribution in [0.4, 0.5) is 0 Å². The molecule has 0 aromatic carbocycles. The molecule has 0 saturated heterocycles. The number of carbonyl (C=O) groups excluding carboxylic acids is 1. The third-order valence-electron chi connectivity index (χ3n) is 2.65. The summed E-state index contributed by atoms with van der Waals surface area (Å²) in [7, 11) is 3.65. The lowest BCUT2D eigenvalue weighted by atomic mass is 10.1. The van der Waals surface area contributed by atoms with Crippen molar-refractivity contribution in [3.63, 3.8) is 0 Å². The van der Waals surface area contributed by atoms with Crippen molar-refractivity contribution in [1.29, 1.82) is 0 Å². The summed E-state index contributed by atoms with van der Waals surface area (Å²) >= 11 is 0. The number of hydrogen-bond donors (Lipinski definition) is 0. The van der Waals surface area contributed by atoms with E-state index in [4.69, 9.17) is 0 Å². The molecule has 0 saturated carbocycles. The fourth-order valence-electron chi connectivity index (χ4n) is 1.53. The number of hydrogen-bond acceptors (Lipinski definition) is 3. The van der Waals surface area contributed by atoms with Crippen molar-refractivity contribution in [2.75, 3.05) is 0 Å². The molecule has 5 nitrogen and oxygen atoms in total. The Morgan fingerprint density at radius 1 is 1.29 bits per heavy atom. The summed E-state index contributed by atoms with van der Waals surface area (Å²) in [6, 6.07) is 0. The smallest absolute Gasteiger partial charge is 0.189 e. The van der Waals surface area contributed by atoms with Crippen molar-refractivity contribution in [3.8, 4) is 0 Å². The summed E-state index contributed by atoms with van der Waals surface area (Å²) in [6.07, 6.45) is 8.44. The standard InChI is InChI=1S/C12H14N4O/c1-9-11(7-14-16(9)3)12(17)5-4-10-6-13-15(2)8-10/h4-8H,1-3H3/b5-4+. The molecule has 0 unspecified atom stereocenters. The highest BCUT2D eigenvalue weighted by atomic mass is 16.1. The van der Waals surface area contributed by atoms with Gasteiger partial charge in [0.15, 0.2) is 5.78 Å². The van der Waals surface area contributed by atoms with Crippen LogP contribution in [0.2, 0.25) is 0 Å². The molecule has 0 aliphatic heterocycles. The highest BCUT2D eigenvalue weighted by molar-refractivity contribution is 6.07. The van der Waals surface area contributed by atoms with E-state index in [1.54, 1.807) is 33.9 Å². The molecule has 5 heteroatoms. The second kappa shape index (κ2) is 4.37. The average Bonchev–Trinajstić information content (AvgIpc) is 2.84. The fourth-order valence-corrected chi connectivity index (χ4v) is 1.53. The minimum Gasteiger partial charge on any atom is -0.289 e. The van der Waals surface area contributed by atoms with Gasteiger partial charge in [-0.15, -0.1) is 0 Å². The van der Waals surface area contributed by atoms with Crippen molar-refractivity contribution in [1.82, 2.24) is 19.6 Å². The van der Waals surface area contributed by atoms with E-state index in [1.807, 2.05) is 27.2 Å². The molecule has 0 fully saturated rings. The van der Waals surface area contributed by atoms with Crippen molar-refractivity contribution in [2.45, 2.75) is 6.92 Å². The zero-order valence-corrected chi connectivity index (χ0v) is 10.1. The second-order valence-corrected chi connectivity index (χ2v) is 3.91. The zero-order chi connectivity index (χ0) is 12.4. The lowest BCUT2D eigenvalue weighted by molar-refractivity contribution is 0.104. The summed E-state index contributed by atoms with van der Waals surface area (Å²) in [6.45, 7) is 1.87. The molecule has 2 rings (SSSR count). The van der Waals surface area contributed by atoms with Crippen molar-refractivity contribution >= 4 is 11.9 Å². The summed E-state index contributed by atoms with van der Waals surface area (Å²) in [5.74, 6) is -0.0422. The first-order valence-corrected chi connectivity index (χ1v) is 5.27. The van der Waals surface area contributed by atoms with E-state index in [0.717, 1.165) is 11.3 Å². The monoisotopic (exact) mass is 230 g/mol. The van der Waals surface area contributed by atoms with Gasteiger partial charge >= 0.3 is 0 Å². The molecule has 88 valence electrons. The second-order valence-electron chi connectivity index (χ2n) is 3.91. The largest absolute Gasteiger partial charge is 0.289 e. The number of carbonyl (C=O) groups is 1. The van der Waals surface area contributed by atoms with Crippen LogP contribution in [0.3, 0.4) is 0 Å². The van der Waals surface area contributed by atoms with Crippen molar-refractivity contribution < 1.29 is 4.79 Å². The van der Waals surface area contributed by atoms with Gasteiger partial charge in [0.25, 0.3) is 0 Å².